The van der Waals surface area contributed by atoms with Crippen LogP contribution in [0.5, 0.6) is 5.88 Å². The lowest BCUT2D eigenvalue weighted by Gasteiger charge is -2.24. The molecule has 0 saturated carbocycles. The largest absolute Gasteiger partial charge is 0.422 e. The van der Waals surface area contributed by atoms with Gasteiger partial charge in [-0.1, -0.05) is 12.1 Å². The lowest BCUT2D eigenvalue weighted by Crippen LogP contribution is -2.22. The van der Waals surface area contributed by atoms with Crippen molar-refractivity contribution in [3.8, 4) is 11.9 Å². The second kappa shape index (κ2) is 5.19. The second-order valence-electron chi connectivity index (χ2n) is 5.10. The van der Waals surface area contributed by atoms with Crippen LogP contribution in [0, 0.1) is 24.1 Å². The van der Waals surface area contributed by atoms with Gasteiger partial charge in [0, 0.05) is 6.54 Å². The van der Waals surface area contributed by atoms with Crippen molar-refractivity contribution in [2.75, 3.05) is 0 Å². The fourth-order valence-corrected chi connectivity index (χ4v) is 2.78. The van der Waals surface area contributed by atoms with Gasteiger partial charge < -0.3 is 10.5 Å². The van der Waals surface area contributed by atoms with Gasteiger partial charge in [-0.3, -0.25) is 0 Å². The fraction of sp³-hybridized carbons (Fsp3) is 0.250. The van der Waals surface area contributed by atoms with Crippen LogP contribution in [0.25, 0.3) is 0 Å². The molecule has 22 heavy (non-hydrogen) atoms. The van der Waals surface area contributed by atoms with E-state index in [0.29, 0.717) is 18.0 Å². The van der Waals surface area contributed by atoms with Crippen molar-refractivity contribution in [1.29, 1.82) is 5.26 Å². The van der Waals surface area contributed by atoms with Gasteiger partial charge in [-0.15, -0.1) is 0 Å². The summed E-state index contributed by atoms with van der Waals surface area (Å²) < 4.78 is 20.5. The third kappa shape index (κ3) is 2.02. The highest BCUT2D eigenvalue weighted by molar-refractivity contribution is 5.55. The summed E-state index contributed by atoms with van der Waals surface area (Å²) in [5.74, 6) is -0.105. The molecule has 0 unspecified atom stereocenters. The summed E-state index contributed by atoms with van der Waals surface area (Å²) in [4.78, 5) is 0. The number of benzene rings is 1. The molecule has 1 aliphatic rings. The number of fused-ring (bicyclic) bond motifs is 1. The predicted octanol–water partition coefficient (Wildman–Crippen LogP) is 2.57. The number of halogens is 1. The molecule has 0 amide bonds. The number of aryl methyl sites for hydroxylation is 2. The van der Waals surface area contributed by atoms with Crippen LogP contribution in [0.1, 0.15) is 29.7 Å². The Hall–Kier alpha value is -2.81. The van der Waals surface area contributed by atoms with Gasteiger partial charge in [0.25, 0.3) is 0 Å². The number of nitrogens with two attached hydrogens (primary N) is 1. The summed E-state index contributed by atoms with van der Waals surface area (Å²) in [7, 11) is 0. The van der Waals surface area contributed by atoms with E-state index in [1.165, 1.54) is 12.1 Å². The first-order chi connectivity index (χ1) is 10.6. The summed E-state index contributed by atoms with van der Waals surface area (Å²) in [6, 6.07) is 8.16. The van der Waals surface area contributed by atoms with Crippen LogP contribution in [0.2, 0.25) is 0 Å². The van der Waals surface area contributed by atoms with Crippen molar-refractivity contribution in [1.82, 2.24) is 9.78 Å². The van der Waals surface area contributed by atoms with Gasteiger partial charge in [0.2, 0.25) is 11.8 Å². The second-order valence-corrected chi connectivity index (χ2v) is 5.10. The third-order valence-corrected chi connectivity index (χ3v) is 3.80. The van der Waals surface area contributed by atoms with E-state index in [1.54, 1.807) is 16.8 Å². The minimum Gasteiger partial charge on any atom is -0.422 e. The van der Waals surface area contributed by atoms with Crippen molar-refractivity contribution in [3.05, 3.63) is 58.4 Å². The van der Waals surface area contributed by atoms with Crippen molar-refractivity contribution >= 4 is 0 Å². The van der Waals surface area contributed by atoms with E-state index in [4.69, 9.17) is 10.5 Å². The maximum absolute atomic E-state index is 13.2. The Balaban J connectivity index is 2.25. The number of nitrogens with zero attached hydrogens (tertiary/aromatic N) is 3. The van der Waals surface area contributed by atoms with E-state index in [9.17, 15) is 9.65 Å². The van der Waals surface area contributed by atoms with Crippen LogP contribution in [0.3, 0.4) is 0 Å². The summed E-state index contributed by atoms with van der Waals surface area (Å²) in [6.07, 6.45) is 0. The molecule has 0 aliphatic carbocycles. The summed E-state index contributed by atoms with van der Waals surface area (Å²) in [6.45, 7) is 4.44. The Morgan fingerprint density at radius 2 is 2.09 bits per heavy atom. The van der Waals surface area contributed by atoms with Crippen LogP contribution in [-0.4, -0.2) is 9.78 Å². The lowest BCUT2D eigenvalue weighted by molar-refractivity contribution is 0.350. The van der Waals surface area contributed by atoms with Crippen LogP contribution in [0.15, 0.2) is 35.7 Å². The molecule has 5 nitrogen and oxygen atoms in total. The molecule has 0 radical (unpaired) electrons. The van der Waals surface area contributed by atoms with Crippen LogP contribution in [0.4, 0.5) is 4.39 Å². The normalized spacial score (nSPS) is 16.9. The molecule has 1 aromatic carbocycles. The zero-order valence-electron chi connectivity index (χ0n) is 12.3. The predicted molar refractivity (Wildman–Crippen MR) is 78.3 cm³/mol. The van der Waals surface area contributed by atoms with E-state index in [1.807, 2.05) is 13.8 Å². The molecule has 112 valence electrons. The molecular formula is C16H15FN4O. The maximum Gasteiger partial charge on any atom is 0.224 e. The molecule has 1 atom stereocenters. The molecule has 0 fully saturated rings. The summed E-state index contributed by atoms with van der Waals surface area (Å²) in [5.41, 5.74) is 8.59. The van der Waals surface area contributed by atoms with Crippen molar-refractivity contribution in [2.45, 2.75) is 26.3 Å². The molecule has 6 heteroatoms. The van der Waals surface area contributed by atoms with Gasteiger partial charge in [0.15, 0.2) is 0 Å². The number of hydrogen-bond donors (Lipinski definition) is 1. The van der Waals surface area contributed by atoms with Gasteiger partial charge in [0.05, 0.1) is 17.2 Å². The van der Waals surface area contributed by atoms with E-state index in [-0.39, 0.29) is 11.7 Å². The van der Waals surface area contributed by atoms with Crippen molar-refractivity contribution in [3.63, 3.8) is 0 Å². The zero-order chi connectivity index (χ0) is 15.9. The number of rotatable bonds is 2. The quantitative estimate of drug-likeness (QED) is 0.924. The monoisotopic (exact) mass is 298 g/mol. The van der Waals surface area contributed by atoms with E-state index in [0.717, 1.165) is 16.8 Å². The van der Waals surface area contributed by atoms with Crippen LogP contribution < -0.4 is 10.5 Å². The Morgan fingerprint density at radius 1 is 1.41 bits per heavy atom. The van der Waals surface area contributed by atoms with E-state index in [2.05, 4.69) is 11.2 Å². The number of allylic oxidation sites excluding steroid dienone is 1. The molecule has 0 saturated heterocycles. The highest BCUT2D eigenvalue weighted by atomic mass is 19.1. The molecule has 0 spiro atoms. The van der Waals surface area contributed by atoms with Crippen molar-refractivity contribution in [2.24, 2.45) is 5.73 Å². The minimum absolute atomic E-state index is 0.0684. The highest BCUT2D eigenvalue weighted by Crippen LogP contribution is 2.43. The zero-order valence-corrected chi connectivity index (χ0v) is 12.3. The smallest absolute Gasteiger partial charge is 0.224 e. The molecular weight excluding hydrogens is 283 g/mol. The Morgan fingerprint density at radius 3 is 2.68 bits per heavy atom. The number of ether oxygens (including phenoxy) is 1. The molecule has 2 aromatic rings. The van der Waals surface area contributed by atoms with Crippen molar-refractivity contribution < 1.29 is 9.13 Å². The number of nitriles is 1. The lowest BCUT2D eigenvalue weighted by atomic mass is 9.84. The number of aromatic nitrogens is 2. The summed E-state index contributed by atoms with van der Waals surface area (Å²) in [5, 5.41) is 13.9. The van der Waals surface area contributed by atoms with E-state index >= 15 is 0 Å². The molecule has 0 bridgehead atoms. The van der Waals surface area contributed by atoms with Crippen LogP contribution >= 0.6 is 0 Å². The molecule has 1 aliphatic heterocycles. The number of hydrogen-bond acceptors (Lipinski definition) is 4. The molecule has 2 heterocycles. The minimum atomic E-state index is -0.394. The molecule has 3 rings (SSSR count). The van der Waals surface area contributed by atoms with Gasteiger partial charge in [-0.25, -0.2) is 9.07 Å². The average Bonchev–Trinajstić information content (AvgIpc) is 2.82. The van der Waals surface area contributed by atoms with Gasteiger partial charge in [-0.05, 0) is 31.5 Å². The highest BCUT2D eigenvalue weighted by Gasteiger charge is 2.35. The third-order valence-electron chi connectivity index (χ3n) is 3.80. The fourth-order valence-electron chi connectivity index (χ4n) is 2.78. The average molecular weight is 298 g/mol. The Bertz CT molecular complexity index is 799. The van der Waals surface area contributed by atoms with E-state index < -0.39 is 5.92 Å². The van der Waals surface area contributed by atoms with Gasteiger partial charge in [0.1, 0.15) is 17.5 Å². The molecule has 2 N–H and O–H groups in total. The SMILES string of the molecule is CCn1nc(C)c2c1OC(N)=C(C#N)[C@@H]2c1ccc(F)cc1. The first-order valence-corrected chi connectivity index (χ1v) is 6.97. The van der Waals surface area contributed by atoms with Gasteiger partial charge >= 0.3 is 0 Å². The summed E-state index contributed by atoms with van der Waals surface area (Å²) >= 11 is 0. The topological polar surface area (TPSA) is 76.9 Å². The van der Waals surface area contributed by atoms with Gasteiger partial charge in [-0.2, -0.15) is 10.4 Å². The maximum atomic E-state index is 13.2. The van der Waals surface area contributed by atoms with Crippen LogP contribution in [-0.2, 0) is 6.54 Å². The first-order valence-electron chi connectivity index (χ1n) is 6.97. The Kier molecular flexibility index (Phi) is 3.33. The Labute approximate surface area is 127 Å². The molecule has 1 aromatic heterocycles. The first kappa shape index (κ1) is 14.1. The standard InChI is InChI=1S/C16H15FN4O/c1-3-21-16-13(9(2)20-21)14(12(8-18)15(19)22-16)10-4-6-11(17)7-5-10/h4-7,14H,3,19H2,1-2H3/t14-/m0/s1.